The van der Waals surface area contributed by atoms with E-state index in [4.69, 9.17) is 4.74 Å². The molecule has 1 fully saturated rings. The molecule has 0 saturated carbocycles. The number of aromatic nitrogens is 1. The summed E-state index contributed by atoms with van der Waals surface area (Å²) in [5.74, 6) is -0.655. The van der Waals surface area contributed by atoms with Gasteiger partial charge in [-0.2, -0.15) is 0 Å². The van der Waals surface area contributed by atoms with E-state index in [1.807, 2.05) is 18.2 Å². The number of hydrogen-bond donors (Lipinski definition) is 0. The van der Waals surface area contributed by atoms with Crippen molar-refractivity contribution in [2.75, 3.05) is 7.05 Å². The van der Waals surface area contributed by atoms with E-state index >= 15 is 0 Å². The van der Waals surface area contributed by atoms with Gasteiger partial charge in [0.05, 0.1) is 11.6 Å². The molecule has 1 aromatic carbocycles. The molecule has 1 saturated heterocycles. The van der Waals surface area contributed by atoms with Crippen molar-refractivity contribution in [1.29, 1.82) is 0 Å². The van der Waals surface area contributed by atoms with Gasteiger partial charge in [0.2, 0.25) is 0 Å². The van der Waals surface area contributed by atoms with E-state index in [-0.39, 0.29) is 11.9 Å². The number of hydrogen-bond acceptors (Lipinski definition) is 4. The Bertz CT molecular complexity index is 673. The molecule has 3 rings (SSSR count). The number of nitrogens with zero attached hydrogens (tertiary/aromatic N) is 2. The molecule has 0 unspecified atom stereocenters. The highest BCUT2D eigenvalue weighted by Gasteiger charge is 2.40. The van der Waals surface area contributed by atoms with Gasteiger partial charge in [-0.3, -0.25) is 9.78 Å². The number of carbonyl (C=O) groups is 2. The highest BCUT2D eigenvalue weighted by molar-refractivity contribution is 5.93. The van der Waals surface area contributed by atoms with Crippen LogP contribution in [0.2, 0.25) is 0 Å². The Labute approximate surface area is 128 Å². The Kier molecular flexibility index (Phi) is 3.87. The van der Waals surface area contributed by atoms with Crippen LogP contribution in [0.25, 0.3) is 0 Å². The average Bonchev–Trinajstić information content (AvgIpc) is 2.85. The fourth-order valence-corrected chi connectivity index (χ4v) is 2.65. The van der Waals surface area contributed by atoms with Gasteiger partial charge in [-0.15, -0.1) is 0 Å². The van der Waals surface area contributed by atoms with Crippen molar-refractivity contribution >= 4 is 11.9 Å². The molecule has 2 aromatic rings. The molecule has 5 nitrogen and oxygen atoms in total. The van der Waals surface area contributed by atoms with Gasteiger partial charge in [-0.05, 0) is 23.8 Å². The molecular formula is C17H16N2O3. The summed E-state index contributed by atoms with van der Waals surface area (Å²) >= 11 is 0. The number of esters is 1. The van der Waals surface area contributed by atoms with Crippen LogP contribution in [0.15, 0.2) is 54.9 Å². The van der Waals surface area contributed by atoms with Crippen LogP contribution in [0.5, 0.6) is 0 Å². The predicted octanol–water partition coefficient (Wildman–Crippen LogP) is 2.21. The quantitative estimate of drug-likeness (QED) is 0.815. The number of ether oxygens (including phenoxy) is 1. The van der Waals surface area contributed by atoms with Crippen LogP contribution in [-0.2, 0) is 9.53 Å². The molecule has 1 aromatic heterocycles. The van der Waals surface area contributed by atoms with Crippen LogP contribution in [0.4, 0.5) is 0 Å². The van der Waals surface area contributed by atoms with E-state index in [1.165, 1.54) is 0 Å². The molecule has 22 heavy (non-hydrogen) atoms. The topological polar surface area (TPSA) is 59.5 Å². The van der Waals surface area contributed by atoms with Crippen LogP contribution in [0.3, 0.4) is 0 Å². The molecule has 2 heterocycles. The first-order valence-corrected chi connectivity index (χ1v) is 7.09. The minimum atomic E-state index is -0.747. The van der Waals surface area contributed by atoms with E-state index in [2.05, 4.69) is 4.98 Å². The van der Waals surface area contributed by atoms with Gasteiger partial charge < -0.3 is 9.64 Å². The second kappa shape index (κ2) is 5.97. The van der Waals surface area contributed by atoms with Gasteiger partial charge in [0.15, 0.2) is 6.10 Å². The van der Waals surface area contributed by atoms with Crippen molar-refractivity contribution in [1.82, 2.24) is 9.88 Å². The molecule has 0 radical (unpaired) electrons. The van der Waals surface area contributed by atoms with E-state index in [1.54, 1.807) is 48.6 Å². The molecule has 5 heteroatoms. The summed E-state index contributed by atoms with van der Waals surface area (Å²) in [6, 6.07) is 12.3. The largest absolute Gasteiger partial charge is 0.449 e. The summed E-state index contributed by atoms with van der Waals surface area (Å²) in [6.45, 7) is 0. The van der Waals surface area contributed by atoms with Gasteiger partial charge >= 0.3 is 5.97 Å². The van der Waals surface area contributed by atoms with Crippen LogP contribution in [-0.4, -0.2) is 34.9 Å². The lowest BCUT2D eigenvalue weighted by Gasteiger charge is -2.18. The lowest BCUT2D eigenvalue weighted by atomic mass is 10.1. The van der Waals surface area contributed by atoms with Crippen LogP contribution < -0.4 is 0 Å². The van der Waals surface area contributed by atoms with E-state index < -0.39 is 12.1 Å². The molecule has 0 bridgehead atoms. The minimum Gasteiger partial charge on any atom is -0.449 e. The third-order valence-electron chi connectivity index (χ3n) is 3.86. The number of amides is 1. The Morgan fingerprint density at radius 2 is 2.00 bits per heavy atom. The van der Waals surface area contributed by atoms with E-state index in [0.717, 1.165) is 5.56 Å². The molecule has 112 valence electrons. The summed E-state index contributed by atoms with van der Waals surface area (Å²) in [5, 5.41) is 0. The normalized spacial score (nSPS) is 21.0. The highest BCUT2D eigenvalue weighted by Crippen LogP contribution is 2.32. The number of rotatable bonds is 3. The average molecular weight is 296 g/mol. The summed E-state index contributed by atoms with van der Waals surface area (Å²) in [7, 11) is 1.72. The number of likely N-dealkylation sites (N-methyl/N-ethyl adjacent to an activating group) is 1. The summed E-state index contributed by atoms with van der Waals surface area (Å²) < 4.78 is 5.38. The van der Waals surface area contributed by atoms with Crippen molar-refractivity contribution < 1.29 is 14.3 Å². The van der Waals surface area contributed by atoms with Crippen molar-refractivity contribution in [2.45, 2.75) is 18.6 Å². The molecule has 0 N–H and O–H groups in total. The zero-order chi connectivity index (χ0) is 15.5. The number of carbonyl (C=O) groups excluding carboxylic acids is 2. The minimum absolute atomic E-state index is 0.116. The monoisotopic (exact) mass is 296 g/mol. The summed E-state index contributed by atoms with van der Waals surface area (Å²) in [4.78, 5) is 30.1. The maximum atomic E-state index is 12.3. The molecule has 0 spiro atoms. The first-order valence-electron chi connectivity index (χ1n) is 7.09. The summed E-state index contributed by atoms with van der Waals surface area (Å²) in [5.41, 5.74) is 1.39. The lowest BCUT2D eigenvalue weighted by Crippen LogP contribution is -2.30. The highest BCUT2D eigenvalue weighted by atomic mass is 16.5. The van der Waals surface area contributed by atoms with Gasteiger partial charge in [0, 0.05) is 25.9 Å². The third kappa shape index (κ3) is 2.70. The van der Waals surface area contributed by atoms with Crippen molar-refractivity contribution in [3.63, 3.8) is 0 Å². The van der Waals surface area contributed by atoms with Gasteiger partial charge in [-0.25, -0.2) is 4.79 Å². The van der Waals surface area contributed by atoms with Crippen molar-refractivity contribution in [3.05, 3.63) is 66.0 Å². The molecule has 1 aliphatic heterocycles. The Morgan fingerprint density at radius 3 is 2.68 bits per heavy atom. The number of pyridine rings is 1. The molecule has 1 aliphatic rings. The Morgan fingerprint density at radius 1 is 1.23 bits per heavy atom. The van der Waals surface area contributed by atoms with Gasteiger partial charge in [0.25, 0.3) is 5.91 Å². The zero-order valence-corrected chi connectivity index (χ0v) is 12.2. The summed E-state index contributed by atoms with van der Waals surface area (Å²) in [6.07, 6.45) is 3.12. The molecular weight excluding hydrogens is 280 g/mol. The standard InChI is InChI=1S/C17H16N2O3/c1-19-14(13-8-5-9-18-11-13)10-15(16(19)20)22-17(21)12-6-3-2-4-7-12/h2-9,11,14-15H,10H2,1H3/t14-,15+/m0/s1. The molecule has 2 atom stereocenters. The third-order valence-corrected chi connectivity index (χ3v) is 3.86. The fraction of sp³-hybridized carbons (Fsp3) is 0.235. The van der Waals surface area contributed by atoms with Gasteiger partial charge in [0.1, 0.15) is 0 Å². The van der Waals surface area contributed by atoms with Crippen LogP contribution in [0, 0.1) is 0 Å². The first-order chi connectivity index (χ1) is 10.7. The Hall–Kier alpha value is -2.69. The van der Waals surface area contributed by atoms with Crippen molar-refractivity contribution in [2.24, 2.45) is 0 Å². The second-order valence-electron chi connectivity index (χ2n) is 5.25. The SMILES string of the molecule is CN1C(=O)[C@H](OC(=O)c2ccccc2)C[C@H]1c1cccnc1. The predicted molar refractivity (Wildman–Crippen MR) is 80.0 cm³/mol. The maximum absolute atomic E-state index is 12.3. The smallest absolute Gasteiger partial charge is 0.338 e. The molecule has 0 aliphatic carbocycles. The maximum Gasteiger partial charge on any atom is 0.338 e. The Balaban J connectivity index is 1.73. The molecule has 1 amide bonds. The first kappa shape index (κ1) is 14.3. The van der Waals surface area contributed by atoms with E-state index in [9.17, 15) is 9.59 Å². The zero-order valence-electron chi connectivity index (χ0n) is 12.2. The van der Waals surface area contributed by atoms with Crippen LogP contribution in [0.1, 0.15) is 28.4 Å². The van der Waals surface area contributed by atoms with E-state index in [0.29, 0.717) is 12.0 Å². The second-order valence-corrected chi connectivity index (χ2v) is 5.25. The number of benzene rings is 1. The lowest BCUT2D eigenvalue weighted by molar-refractivity contribution is -0.134. The van der Waals surface area contributed by atoms with Crippen molar-refractivity contribution in [3.8, 4) is 0 Å². The fourth-order valence-electron chi connectivity index (χ4n) is 2.65. The number of likely N-dealkylation sites (tertiary alicyclic amines) is 1. The van der Waals surface area contributed by atoms with Crippen LogP contribution >= 0.6 is 0 Å². The van der Waals surface area contributed by atoms with Gasteiger partial charge in [-0.1, -0.05) is 24.3 Å².